The first kappa shape index (κ1) is 13.0. The van der Waals surface area contributed by atoms with Crippen LogP contribution in [0.1, 0.15) is 19.5 Å². The highest BCUT2D eigenvalue weighted by Crippen LogP contribution is 2.15. The van der Waals surface area contributed by atoms with E-state index >= 15 is 0 Å². The molecule has 1 aliphatic rings. The van der Waals surface area contributed by atoms with Crippen molar-refractivity contribution in [3.05, 3.63) is 18.0 Å². The third-order valence-corrected chi connectivity index (χ3v) is 3.38. The van der Waals surface area contributed by atoms with Crippen molar-refractivity contribution in [2.24, 2.45) is 0 Å². The van der Waals surface area contributed by atoms with Crippen LogP contribution in [0.15, 0.2) is 16.9 Å². The number of aromatic nitrogens is 1. The molecule has 0 spiro atoms. The molecule has 0 aromatic carbocycles. The Hall–Kier alpha value is -1.40. The number of nitrogens with zero attached hydrogens (tertiary/aromatic N) is 2. The predicted molar refractivity (Wildman–Crippen MR) is 66.9 cm³/mol. The van der Waals surface area contributed by atoms with E-state index in [2.05, 4.69) is 20.7 Å². The predicted octanol–water partition coefficient (Wildman–Crippen LogP) is -0.0254. The minimum Gasteiger partial charge on any atom is -0.364 e. The number of piperazine rings is 1. The van der Waals surface area contributed by atoms with Crippen LogP contribution in [0.3, 0.4) is 0 Å². The number of nitrogens with one attached hydrogen (secondary N) is 2. The van der Waals surface area contributed by atoms with Gasteiger partial charge in [0.25, 0.3) is 0 Å². The van der Waals surface area contributed by atoms with E-state index < -0.39 is 5.54 Å². The van der Waals surface area contributed by atoms with Crippen molar-refractivity contribution >= 4 is 5.91 Å². The molecule has 6 nitrogen and oxygen atoms in total. The first-order chi connectivity index (χ1) is 8.60. The molecule has 0 bridgehead atoms. The zero-order valence-electron chi connectivity index (χ0n) is 10.9. The number of amides is 1. The Bertz CT molecular complexity index is 383. The fourth-order valence-electron chi connectivity index (χ4n) is 2.08. The molecule has 100 valence electrons. The van der Waals surface area contributed by atoms with Gasteiger partial charge in [-0.25, -0.2) is 0 Å². The van der Waals surface area contributed by atoms with Crippen molar-refractivity contribution in [2.75, 3.05) is 26.2 Å². The molecule has 1 amide bonds. The normalized spacial score (nSPS) is 17.7. The zero-order chi connectivity index (χ0) is 13.0. The van der Waals surface area contributed by atoms with Gasteiger partial charge in [0.2, 0.25) is 5.91 Å². The highest BCUT2D eigenvalue weighted by Gasteiger charge is 2.34. The molecule has 1 aliphatic heterocycles. The fraction of sp³-hybridized carbons (Fsp3) is 0.667. The molecule has 0 aliphatic carbocycles. The summed E-state index contributed by atoms with van der Waals surface area (Å²) in [5.41, 5.74) is 0.241. The average Bonchev–Trinajstić information content (AvgIpc) is 2.90. The van der Waals surface area contributed by atoms with Crippen LogP contribution in [0, 0.1) is 0 Å². The fourth-order valence-corrected chi connectivity index (χ4v) is 2.08. The van der Waals surface area contributed by atoms with E-state index in [0.29, 0.717) is 6.54 Å². The molecule has 2 rings (SSSR count). The Labute approximate surface area is 107 Å². The van der Waals surface area contributed by atoms with Crippen LogP contribution >= 0.6 is 0 Å². The SMILES string of the molecule is CC(C)(C(=O)NCc1ccon1)N1CCNCC1. The van der Waals surface area contributed by atoms with E-state index in [1.807, 2.05) is 13.8 Å². The van der Waals surface area contributed by atoms with Crippen LogP contribution in [-0.2, 0) is 11.3 Å². The molecular weight excluding hydrogens is 232 g/mol. The topological polar surface area (TPSA) is 70.4 Å². The Balaban J connectivity index is 1.89. The summed E-state index contributed by atoms with van der Waals surface area (Å²) in [6, 6.07) is 1.75. The summed E-state index contributed by atoms with van der Waals surface area (Å²) in [7, 11) is 0. The Morgan fingerprint density at radius 2 is 2.28 bits per heavy atom. The first-order valence-electron chi connectivity index (χ1n) is 6.24. The third kappa shape index (κ3) is 2.88. The third-order valence-electron chi connectivity index (χ3n) is 3.38. The van der Waals surface area contributed by atoms with Crippen molar-refractivity contribution in [3.63, 3.8) is 0 Å². The van der Waals surface area contributed by atoms with Crippen LogP contribution in [0.5, 0.6) is 0 Å². The molecule has 1 aromatic rings. The highest BCUT2D eigenvalue weighted by molar-refractivity contribution is 5.85. The van der Waals surface area contributed by atoms with Crippen LogP contribution < -0.4 is 10.6 Å². The van der Waals surface area contributed by atoms with Crippen LogP contribution in [0.2, 0.25) is 0 Å². The quantitative estimate of drug-likeness (QED) is 0.788. The van der Waals surface area contributed by atoms with Gasteiger partial charge in [-0.3, -0.25) is 9.69 Å². The Kier molecular flexibility index (Phi) is 3.98. The minimum absolute atomic E-state index is 0.0207. The van der Waals surface area contributed by atoms with E-state index in [0.717, 1.165) is 31.9 Å². The van der Waals surface area contributed by atoms with E-state index in [4.69, 9.17) is 4.52 Å². The van der Waals surface area contributed by atoms with Crippen molar-refractivity contribution in [1.82, 2.24) is 20.7 Å². The number of carbonyl (C=O) groups excluding carboxylic acids is 1. The second-order valence-electron chi connectivity index (χ2n) is 4.97. The van der Waals surface area contributed by atoms with Gasteiger partial charge in [-0.1, -0.05) is 5.16 Å². The molecule has 2 N–H and O–H groups in total. The maximum Gasteiger partial charge on any atom is 0.240 e. The summed E-state index contributed by atoms with van der Waals surface area (Å²) < 4.78 is 4.73. The van der Waals surface area contributed by atoms with E-state index in [1.54, 1.807) is 6.07 Å². The van der Waals surface area contributed by atoms with Gasteiger partial charge < -0.3 is 15.2 Å². The molecule has 1 aromatic heterocycles. The molecule has 1 fully saturated rings. The van der Waals surface area contributed by atoms with Gasteiger partial charge in [0, 0.05) is 32.2 Å². The second-order valence-corrected chi connectivity index (χ2v) is 4.97. The highest BCUT2D eigenvalue weighted by atomic mass is 16.5. The molecule has 0 saturated carbocycles. The maximum absolute atomic E-state index is 12.2. The lowest BCUT2D eigenvalue weighted by atomic mass is 10.0. The van der Waals surface area contributed by atoms with Crippen molar-refractivity contribution in [2.45, 2.75) is 25.9 Å². The van der Waals surface area contributed by atoms with Gasteiger partial charge in [0.15, 0.2) is 0 Å². The second kappa shape index (κ2) is 5.49. The number of rotatable bonds is 4. The first-order valence-corrected chi connectivity index (χ1v) is 6.24. The molecule has 6 heteroatoms. The summed E-state index contributed by atoms with van der Waals surface area (Å²) in [6.45, 7) is 7.96. The monoisotopic (exact) mass is 252 g/mol. The van der Waals surface area contributed by atoms with Gasteiger partial charge in [0.05, 0.1) is 12.1 Å². The van der Waals surface area contributed by atoms with E-state index in [-0.39, 0.29) is 5.91 Å². The number of carbonyl (C=O) groups is 1. The lowest BCUT2D eigenvalue weighted by Crippen LogP contribution is -2.59. The molecule has 1 saturated heterocycles. The number of hydrogen-bond donors (Lipinski definition) is 2. The standard InChI is InChI=1S/C12H20N4O2/c1-12(2,16-6-4-13-5-7-16)11(17)14-9-10-3-8-18-15-10/h3,8,13H,4-7,9H2,1-2H3,(H,14,17). The molecule has 0 unspecified atom stereocenters. The summed E-state index contributed by atoms with van der Waals surface area (Å²) in [4.78, 5) is 14.4. The van der Waals surface area contributed by atoms with Crippen molar-refractivity contribution < 1.29 is 9.32 Å². The zero-order valence-corrected chi connectivity index (χ0v) is 10.9. The summed E-state index contributed by atoms with van der Waals surface area (Å²) in [5, 5.41) is 9.95. The van der Waals surface area contributed by atoms with Crippen LogP contribution in [0.25, 0.3) is 0 Å². The van der Waals surface area contributed by atoms with E-state index in [1.165, 1.54) is 6.26 Å². The van der Waals surface area contributed by atoms with Crippen LogP contribution in [-0.4, -0.2) is 47.7 Å². The van der Waals surface area contributed by atoms with Crippen molar-refractivity contribution in [1.29, 1.82) is 0 Å². The molecular formula is C12H20N4O2. The minimum atomic E-state index is -0.494. The maximum atomic E-state index is 12.2. The Morgan fingerprint density at radius 3 is 2.89 bits per heavy atom. The smallest absolute Gasteiger partial charge is 0.240 e. The lowest BCUT2D eigenvalue weighted by molar-refractivity contribution is -0.132. The average molecular weight is 252 g/mol. The van der Waals surface area contributed by atoms with Gasteiger partial charge in [-0.2, -0.15) is 0 Å². The molecule has 0 atom stereocenters. The van der Waals surface area contributed by atoms with E-state index in [9.17, 15) is 4.79 Å². The summed E-state index contributed by atoms with van der Waals surface area (Å²) in [6.07, 6.45) is 1.50. The largest absolute Gasteiger partial charge is 0.364 e. The summed E-state index contributed by atoms with van der Waals surface area (Å²) in [5.74, 6) is 0.0207. The summed E-state index contributed by atoms with van der Waals surface area (Å²) >= 11 is 0. The molecule has 18 heavy (non-hydrogen) atoms. The molecule has 2 heterocycles. The Morgan fingerprint density at radius 1 is 1.56 bits per heavy atom. The van der Waals surface area contributed by atoms with Gasteiger partial charge in [-0.05, 0) is 13.8 Å². The van der Waals surface area contributed by atoms with Gasteiger partial charge >= 0.3 is 0 Å². The molecule has 0 radical (unpaired) electrons. The van der Waals surface area contributed by atoms with Gasteiger partial charge in [0.1, 0.15) is 12.0 Å². The van der Waals surface area contributed by atoms with Gasteiger partial charge in [-0.15, -0.1) is 0 Å². The number of hydrogen-bond acceptors (Lipinski definition) is 5. The van der Waals surface area contributed by atoms with Crippen molar-refractivity contribution in [3.8, 4) is 0 Å². The van der Waals surface area contributed by atoms with Crippen LogP contribution in [0.4, 0.5) is 0 Å². The lowest BCUT2D eigenvalue weighted by Gasteiger charge is -2.39.